The first-order valence-corrected chi connectivity index (χ1v) is 9.70. The molecule has 0 fully saturated rings. The molecule has 25 heavy (non-hydrogen) atoms. The maximum absolute atomic E-state index is 12.8. The van der Waals surface area contributed by atoms with Gasteiger partial charge in [-0.3, -0.25) is 4.79 Å². The van der Waals surface area contributed by atoms with Crippen LogP contribution in [-0.4, -0.2) is 22.6 Å². The maximum atomic E-state index is 12.8. The quantitative estimate of drug-likeness (QED) is 0.539. The van der Waals surface area contributed by atoms with Crippen molar-refractivity contribution in [1.29, 1.82) is 0 Å². The molecule has 128 valence electrons. The van der Waals surface area contributed by atoms with Gasteiger partial charge in [0.1, 0.15) is 0 Å². The van der Waals surface area contributed by atoms with Gasteiger partial charge in [-0.15, -0.1) is 11.3 Å². The summed E-state index contributed by atoms with van der Waals surface area (Å²) in [5.74, 6) is 1.29. The Balaban J connectivity index is 1.96. The number of thiazole rings is 1. The lowest BCUT2D eigenvalue weighted by atomic mass is 10.2. The fourth-order valence-corrected chi connectivity index (χ4v) is 4.42. The summed E-state index contributed by atoms with van der Waals surface area (Å²) in [5.41, 5.74) is 1.43. The van der Waals surface area contributed by atoms with Crippen LogP contribution in [0.15, 0.2) is 34.4 Å². The van der Waals surface area contributed by atoms with Crippen LogP contribution in [0, 0.1) is 0 Å². The van der Waals surface area contributed by atoms with Crippen LogP contribution in [0.2, 0.25) is 0 Å². The van der Waals surface area contributed by atoms with Crippen LogP contribution in [0.4, 0.5) is 0 Å². The zero-order chi connectivity index (χ0) is 17.4. The predicted octanol–water partition coefficient (Wildman–Crippen LogP) is 3.32. The van der Waals surface area contributed by atoms with Gasteiger partial charge in [0.2, 0.25) is 0 Å². The summed E-state index contributed by atoms with van der Waals surface area (Å²) in [4.78, 5) is 19.2. The number of ether oxygens (including phenoxy) is 2. The summed E-state index contributed by atoms with van der Waals surface area (Å²) in [6.07, 6.45) is 1.91. The smallest absolute Gasteiger partial charge is 0.274 e. The number of fused-ring (bicyclic) bond motifs is 3. The molecule has 4 rings (SSSR count). The van der Waals surface area contributed by atoms with E-state index in [2.05, 4.69) is 4.98 Å². The van der Waals surface area contributed by atoms with Crippen molar-refractivity contribution in [3.63, 3.8) is 0 Å². The van der Waals surface area contributed by atoms with Gasteiger partial charge < -0.3 is 9.47 Å². The second-order valence-corrected chi connectivity index (χ2v) is 7.30. The first kappa shape index (κ1) is 16.1. The molecule has 0 aliphatic heterocycles. The zero-order valence-electron chi connectivity index (χ0n) is 13.8. The van der Waals surface area contributed by atoms with Gasteiger partial charge >= 0.3 is 0 Å². The van der Waals surface area contributed by atoms with Crippen molar-refractivity contribution in [2.75, 3.05) is 13.2 Å². The topological polar surface area (TPSA) is 52.8 Å². The molecule has 0 saturated heterocycles. The highest BCUT2D eigenvalue weighted by Crippen LogP contribution is 2.33. The minimum atomic E-state index is -0.0532. The van der Waals surface area contributed by atoms with E-state index < -0.39 is 0 Å². The van der Waals surface area contributed by atoms with Crippen LogP contribution in [0.1, 0.15) is 18.7 Å². The molecular weight excluding hydrogens is 356 g/mol. The number of hydrogen-bond donors (Lipinski definition) is 0. The number of benzene rings is 1. The second-order valence-electron chi connectivity index (χ2n) is 5.31. The highest BCUT2D eigenvalue weighted by atomic mass is 32.1. The molecule has 5 nitrogen and oxygen atoms in total. The van der Waals surface area contributed by atoms with Crippen molar-refractivity contribution >= 4 is 44.7 Å². The monoisotopic (exact) mass is 372 g/mol. The van der Waals surface area contributed by atoms with Crippen molar-refractivity contribution in [3.8, 4) is 11.5 Å². The number of imidazole rings is 1. The Morgan fingerprint density at radius 2 is 1.96 bits per heavy atom. The third kappa shape index (κ3) is 2.79. The van der Waals surface area contributed by atoms with Crippen LogP contribution in [0.3, 0.4) is 0 Å². The lowest BCUT2D eigenvalue weighted by molar-refractivity contribution is 0.288. The lowest BCUT2D eigenvalue weighted by Gasteiger charge is -2.10. The summed E-state index contributed by atoms with van der Waals surface area (Å²) in [7, 11) is 0. The van der Waals surface area contributed by atoms with E-state index in [0.717, 1.165) is 15.9 Å². The summed E-state index contributed by atoms with van der Waals surface area (Å²) in [6.45, 7) is 4.91. The van der Waals surface area contributed by atoms with Gasteiger partial charge in [-0.05, 0) is 31.4 Å². The Bertz CT molecular complexity index is 1140. The second kappa shape index (κ2) is 6.50. The van der Waals surface area contributed by atoms with Crippen LogP contribution in [0.5, 0.6) is 11.5 Å². The Hall–Kier alpha value is -2.38. The highest BCUT2D eigenvalue weighted by molar-refractivity contribution is 7.15. The molecular formula is C18H16N2O3S2. The number of aromatic nitrogens is 2. The molecule has 0 bridgehead atoms. The third-order valence-electron chi connectivity index (χ3n) is 3.72. The van der Waals surface area contributed by atoms with Gasteiger partial charge in [0.25, 0.3) is 5.56 Å². The Morgan fingerprint density at radius 3 is 2.64 bits per heavy atom. The van der Waals surface area contributed by atoms with Crippen LogP contribution >= 0.6 is 22.7 Å². The van der Waals surface area contributed by atoms with Gasteiger partial charge in [0.05, 0.1) is 28.8 Å². The van der Waals surface area contributed by atoms with E-state index in [1.807, 2.05) is 49.6 Å². The van der Waals surface area contributed by atoms with Crippen molar-refractivity contribution in [3.05, 3.63) is 49.4 Å². The van der Waals surface area contributed by atoms with Gasteiger partial charge in [0, 0.05) is 17.0 Å². The Labute approximate surface area is 151 Å². The van der Waals surface area contributed by atoms with Gasteiger partial charge in [-0.1, -0.05) is 17.4 Å². The van der Waals surface area contributed by atoms with E-state index >= 15 is 0 Å². The summed E-state index contributed by atoms with van der Waals surface area (Å²) >= 11 is 3.00. The molecule has 3 aromatic heterocycles. The zero-order valence-corrected chi connectivity index (χ0v) is 15.4. The standard InChI is InChI=1S/C18H16N2O3S2/c1-3-22-14-9-12-13(10-15(14)23-4-2)20-17(21)16(25-18(20)19-12)8-11-6-5-7-24-11/h5-10H,3-4H2,1-2H3/b16-8+. The summed E-state index contributed by atoms with van der Waals surface area (Å²) in [5, 5.41) is 1.99. The van der Waals surface area contributed by atoms with Crippen LogP contribution < -0.4 is 19.6 Å². The molecule has 7 heteroatoms. The van der Waals surface area contributed by atoms with E-state index in [1.165, 1.54) is 11.3 Å². The molecule has 0 unspecified atom stereocenters. The summed E-state index contributed by atoms with van der Waals surface area (Å²) < 4.78 is 13.6. The van der Waals surface area contributed by atoms with E-state index in [4.69, 9.17) is 9.47 Å². The molecule has 0 amide bonds. The fraction of sp³-hybridized carbons (Fsp3) is 0.222. The highest BCUT2D eigenvalue weighted by Gasteiger charge is 2.15. The van der Waals surface area contributed by atoms with E-state index in [9.17, 15) is 4.79 Å². The lowest BCUT2D eigenvalue weighted by Crippen LogP contribution is -2.22. The van der Waals surface area contributed by atoms with Crippen molar-refractivity contribution in [2.45, 2.75) is 13.8 Å². The summed E-state index contributed by atoms with van der Waals surface area (Å²) in [6, 6.07) is 7.64. The first-order chi connectivity index (χ1) is 12.2. The Morgan fingerprint density at radius 1 is 1.20 bits per heavy atom. The molecule has 3 heterocycles. The first-order valence-electron chi connectivity index (χ1n) is 8.01. The van der Waals surface area contributed by atoms with E-state index in [-0.39, 0.29) is 5.56 Å². The average molecular weight is 372 g/mol. The molecule has 0 spiro atoms. The van der Waals surface area contributed by atoms with Crippen molar-refractivity contribution in [1.82, 2.24) is 9.38 Å². The van der Waals surface area contributed by atoms with Crippen LogP contribution in [0.25, 0.3) is 22.1 Å². The Kier molecular flexibility index (Phi) is 4.19. The van der Waals surface area contributed by atoms with Gasteiger partial charge in [0.15, 0.2) is 16.5 Å². The fourth-order valence-electron chi connectivity index (χ4n) is 2.71. The van der Waals surface area contributed by atoms with Crippen LogP contribution in [-0.2, 0) is 0 Å². The molecule has 4 aromatic rings. The van der Waals surface area contributed by atoms with Crippen molar-refractivity contribution in [2.24, 2.45) is 0 Å². The molecule has 0 aliphatic rings. The minimum Gasteiger partial charge on any atom is -0.490 e. The number of thiophene rings is 1. The number of nitrogens with zero attached hydrogens (tertiary/aromatic N) is 2. The minimum absolute atomic E-state index is 0.0532. The number of rotatable bonds is 5. The van der Waals surface area contributed by atoms with E-state index in [1.54, 1.807) is 15.7 Å². The van der Waals surface area contributed by atoms with Gasteiger partial charge in [-0.25, -0.2) is 9.38 Å². The van der Waals surface area contributed by atoms with E-state index in [0.29, 0.717) is 34.2 Å². The molecule has 0 atom stereocenters. The van der Waals surface area contributed by atoms with Crippen molar-refractivity contribution < 1.29 is 9.47 Å². The van der Waals surface area contributed by atoms with Gasteiger partial charge in [-0.2, -0.15) is 0 Å². The third-order valence-corrected chi connectivity index (χ3v) is 5.51. The molecule has 0 N–H and O–H groups in total. The SMILES string of the molecule is CCOc1cc2nc3s/c(=C/c4cccs4)c(=O)n3c2cc1OCC. The average Bonchev–Trinajstić information content (AvgIpc) is 3.28. The largest absolute Gasteiger partial charge is 0.490 e. The molecule has 1 aromatic carbocycles. The maximum Gasteiger partial charge on any atom is 0.274 e. The molecule has 0 radical (unpaired) electrons. The normalized spacial score (nSPS) is 12.3. The molecule has 0 aliphatic carbocycles. The predicted molar refractivity (Wildman–Crippen MR) is 102 cm³/mol. The number of hydrogen-bond acceptors (Lipinski definition) is 6. The molecule has 0 saturated carbocycles.